The maximum atomic E-state index is 13.5. The van der Waals surface area contributed by atoms with Crippen molar-refractivity contribution in [3.63, 3.8) is 0 Å². The molecule has 2 fully saturated rings. The number of carbonyl (C=O) groups is 2. The summed E-state index contributed by atoms with van der Waals surface area (Å²) in [5.41, 5.74) is 0.341. The summed E-state index contributed by atoms with van der Waals surface area (Å²) in [6, 6.07) is 6.13. The Morgan fingerprint density at radius 3 is 2.83 bits per heavy atom. The molecule has 124 valence electrons. The van der Waals surface area contributed by atoms with E-state index in [4.69, 9.17) is 0 Å². The first kappa shape index (κ1) is 15.9. The Bertz CT molecular complexity index is 636. The minimum absolute atomic E-state index is 0.0380. The van der Waals surface area contributed by atoms with Crippen molar-refractivity contribution in [1.29, 1.82) is 0 Å². The highest BCUT2D eigenvalue weighted by atomic mass is 19.1. The number of hydrogen-bond acceptors (Lipinski definition) is 3. The van der Waals surface area contributed by atoms with Crippen molar-refractivity contribution in [2.24, 2.45) is 0 Å². The zero-order valence-electron chi connectivity index (χ0n) is 13.6. The maximum absolute atomic E-state index is 13.5. The van der Waals surface area contributed by atoms with E-state index in [0.29, 0.717) is 31.7 Å². The van der Waals surface area contributed by atoms with Crippen LogP contribution in [0.3, 0.4) is 0 Å². The highest BCUT2D eigenvalue weighted by Gasteiger charge is 2.48. The van der Waals surface area contributed by atoms with Gasteiger partial charge < -0.3 is 9.80 Å². The third-order valence-electron chi connectivity index (χ3n) is 5.04. The Balaban J connectivity index is 1.85. The number of piperazine rings is 1. The molecule has 6 heteroatoms. The van der Waals surface area contributed by atoms with Crippen LogP contribution in [0.2, 0.25) is 0 Å². The fourth-order valence-corrected chi connectivity index (χ4v) is 3.57. The van der Waals surface area contributed by atoms with Crippen molar-refractivity contribution in [3.8, 4) is 0 Å². The number of likely N-dealkylation sites (tertiary alicyclic amines) is 1. The lowest BCUT2D eigenvalue weighted by Gasteiger charge is -2.46. The normalized spacial score (nSPS) is 25.4. The first-order valence-electron chi connectivity index (χ1n) is 8.00. The molecule has 2 aliphatic heterocycles. The highest BCUT2D eigenvalue weighted by molar-refractivity contribution is 5.96. The molecule has 0 N–H and O–H groups in total. The van der Waals surface area contributed by atoms with Gasteiger partial charge in [0.05, 0.1) is 12.1 Å². The van der Waals surface area contributed by atoms with E-state index in [1.54, 1.807) is 17.0 Å². The summed E-state index contributed by atoms with van der Waals surface area (Å²) >= 11 is 0. The molecule has 2 amide bonds. The van der Waals surface area contributed by atoms with Gasteiger partial charge in [0, 0.05) is 31.7 Å². The Kier molecular flexibility index (Phi) is 4.10. The molecule has 0 bridgehead atoms. The smallest absolute Gasteiger partial charge is 0.241 e. The molecule has 5 nitrogen and oxygen atoms in total. The van der Waals surface area contributed by atoms with Gasteiger partial charge in [0.25, 0.3) is 0 Å². The lowest BCUT2D eigenvalue weighted by atomic mass is 9.92. The van der Waals surface area contributed by atoms with Gasteiger partial charge in [-0.2, -0.15) is 0 Å². The highest BCUT2D eigenvalue weighted by Crippen LogP contribution is 2.33. The second-order valence-electron chi connectivity index (χ2n) is 6.46. The molecular formula is C17H22FN3O2. The molecule has 1 spiro atoms. The minimum Gasteiger partial charge on any atom is -0.341 e. The summed E-state index contributed by atoms with van der Waals surface area (Å²) < 4.78 is 13.5. The van der Waals surface area contributed by atoms with Crippen LogP contribution in [0.4, 0.5) is 10.1 Å². The van der Waals surface area contributed by atoms with Gasteiger partial charge in [0.1, 0.15) is 5.82 Å². The average molecular weight is 319 g/mol. The van der Waals surface area contributed by atoms with E-state index in [9.17, 15) is 14.0 Å². The molecule has 3 rings (SSSR count). The van der Waals surface area contributed by atoms with Crippen LogP contribution < -0.4 is 4.90 Å². The van der Waals surface area contributed by atoms with E-state index in [0.717, 1.165) is 6.42 Å². The molecule has 2 heterocycles. The summed E-state index contributed by atoms with van der Waals surface area (Å²) in [7, 11) is 1.93. The fourth-order valence-electron chi connectivity index (χ4n) is 3.57. The summed E-state index contributed by atoms with van der Waals surface area (Å²) in [6.07, 6.45) is 1.32. The summed E-state index contributed by atoms with van der Waals surface area (Å²) in [5, 5.41) is 0. The number of anilines is 1. The molecule has 0 saturated carbocycles. The quantitative estimate of drug-likeness (QED) is 0.829. The van der Waals surface area contributed by atoms with Crippen molar-refractivity contribution in [1.82, 2.24) is 9.80 Å². The molecule has 0 aliphatic carbocycles. The number of halogens is 1. The van der Waals surface area contributed by atoms with Crippen LogP contribution in [0.5, 0.6) is 0 Å². The number of carbonyl (C=O) groups excluding carboxylic acids is 2. The van der Waals surface area contributed by atoms with Crippen molar-refractivity contribution in [3.05, 3.63) is 30.1 Å². The van der Waals surface area contributed by atoms with Gasteiger partial charge in [-0.1, -0.05) is 13.0 Å². The van der Waals surface area contributed by atoms with Crippen molar-refractivity contribution >= 4 is 17.5 Å². The van der Waals surface area contributed by atoms with Crippen LogP contribution in [-0.2, 0) is 9.59 Å². The Hall–Kier alpha value is -1.95. The second-order valence-corrected chi connectivity index (χ2v) is 6.46. The zero-order chi connectivity index (χ0) is 16.6. The van der Waals surface area contributed by atoms with Crippen LogP contribution in [0, 0.1) is 5.82 Å². The van der Waals surface area contributed by atoms with Crippen LogP contribution in [0.25, 0.3) is 0 Å². The number of nitrogens with zero attached hydrogens (tertiary/aromatic N) is 3. The molecule has 0 unspecified atom stereocenters. The number of hydrogen-bond donors (Lipinski definition) is 0. The molecule has 0 aromatic heterocycles. The fraction of sp³-hybridized carbons (Fsp3) is 0.529. The van der Waals surface area contributed by atoms with Crippen LogP contribution in [-0.4, -0.2) is 60.4 Å². The second kappa shape index (κ2) is 5.92. The Morgan fingerprint density at radius 2 is 2.13 bits per heavy atom. The number of likely N-dealkylation sites (N-methyl/N-ethyl adjacent to an activating group) is 1. The zero-order valence-corrected chi connectivity index (χ0v) is 13.6. The summed E-state index contributed by atoms with van der Waals surface area (Å²) in [5.74, 6) is -0.244. The molecule has 2 saturated heterocycles. The van der Waals surface area contributed by atoms with Crippen molar-refractivity contribution in [2.45, 2.75) is 25.3 Å². The van der Waals surface area contributed by atoms with Gasteiger partial charge in [0.2, 0.25) is 11.8 Å². The van der Waals surface area contributed by atoms with E-state index in [-0.39, 0.29) is 29.7 Å². The van der Waals surface area contributed by atoms with Gasteiger partial charge in [0.15, 0.2) is 0 Å². The van der Waals surface area contributed by atoms with E-state index in [2.05, 4.69) is 0 Å². The van der Waals surface area contributed by atoms with Crippen LogP contribution >= 0.6 is 0 Å². The van der Waals surface area contributed by atoms with Gasteiger partial charge in [-0.25, -0.2) is 4.39 Å². The van der Waals surface area contributed by atoms with Crippen molar-refractivity contribution < 1.29 is 14.0 Å². The SMILES string of the molecule is CCC(=O)N1CC[C@]2(C1)CN(c1cccc(F)c1)C(=O)CN2C. The maximum Gasteiger partial charge on any atom is 0.241 e. The van der Waals surface area contributed by atoms with Gasteiger partial charge in [-0.15, -0.1) is 0 Å². The van der Waals surface area contributed by atoms with E-state index >= 15 is 0 Å². The first-order chi connectivity index (χ1) is 10.9. The molecule has 23 heavy (non-hydrogen) atoms. The molecule has 1 atom stereocenters. The molecule has 0 radical (unpaired) electrons. The van der Waals surface area contributed by atoms with E-state index in [1.807, 2.05) is 23.8 Å². The topological polar surface area (TPSA) is 43.9 Å². The third-order valence-corrected chi connectivity index (χ3v) is 5.04. The molecule has 1 aromatic carbocycles. The third kappa shape index (κ3) is 2.83. The largest absolute Gasteiger partial charge is 0.341 e. The van der Waals surface area contributed by atoms with Gasteiger partial charge in [-0.05, 0) is 31.7 Å². The monoisotopic (exact) mass is 319 g/mol. The Morgan fingerprint density at radius 1 is 1.35 bits per heavy atom. The number of rotatable bonds is 2. The lowest BCUT2D eigenvalue weighted by molar-refractivity contribution is -0.130. The minimum atomic E-state index is -0.350. The van der Waals surface area contributed by atoms with Gasteiger partial charge >= 0.3 is 0 Å². The standard InChI is InChI=1S/C17H22FN3O2/c1-3-15(22)20-8-7-17(11-20)12-21(16(23)10-19(17)2)14-6-4-5-13(18)9-14/h4-6,9H,3,7-8,10-12H2,1-2H3/t17-/m0/s1. The van der Waals surface area contributed by atoms with Gasteiger partial charge in [-0.3, -0.25) is 14.5 Å². The predicted octanol–water partition coefficient (Wildman–Crippen LogP) is 1.49. The summed E-state index contributed by atoms with van der Waals surface area (Å²) in [4.78, 5) is 30.0. The van der Waals surface area contributed by atoms with E-state index in [1.165, 1.54) is 12.1 Å². The molecule has 2 aliphatic rings. The molecular weight excluding hydrogens is 297 g/mol. The number of amides is 2. The van der Waals surface area contributed by atoms with Crippen molar-refractivity contribution in [2.75, 3.05) is 38.1 Å². The predicted molar refractivity (Wildman–Crippen MR) is 85.6 cm³/mol. The van der Waals surface area contributed by atoms with Crippen LogP contribution in [0.15, 0.2) is 24.3 Å². The first-order valence-corrected chi connectivity index (χ1v) is 8.00. The molecule has 1 aromatic rings. The summed E-state index contributed by atoms with van der Waals surface area (Å²) in [6.45, 7) is 3.96. The number of benzene rings is 1. The van der Waals surface area contributed by atoms with E-state index < -0.39 is 0 Å². The van der Waals surface area contributed by atoms with Crippen LogP contribution in [0.1, 0.15) is 19.8 Å². The lowest BCUT2D eigenvalue weighted by Crippen LogP contribution is -2.64. The Labute approximate surface area is 135 Å². The average Bonchev–Trinajstić information content (AvgIpc) is 2.96.